The van der Waals surface area contributed by atoms with E-state index in [1.807, 2.05) is 24.3 Å². The highest BCUT2D eigenvalue weighted by atomic mass is 32.2. The quantitative estimate of drug-likeness (QED) is 0.441. The monoisotopic (exact) mass is 453 g/mol. The van der Waals surface area contributed by atoms with E-state index in [9.17, 15) is 8.42 Å². The van der Waals surface area contributed by atoms with Gasteiger partial charge in [0.15, 0.2) is 12.2 Å². The van der Waals surface area contributed by atoms with E-state index in [1.165, 1.54) is 44.9 Å². The molecule has 0 radical (unpaired) electrons. The lowest BCUT2D eigenvalue weighted by Crippen LogP contribution is -2.29. The van der Waals surface area contributed by atoms with Crippen molar-refractivity contribution in [1.29, 1.82) is 0 Å². The Morgan fingerprint density at radius 1 is 1.06 bits per heavy atom. The van der Waals surface area contributed by atoms with Crippen LogP contribution in [0.2, 0.25) is 0 Å². The Morgan fingerprint density at radius 3 is 2.53 bits per heavy atom. The molecule has 1 aliphatic rings. The number of nitrogens with zero attached hydrogens (tertiary/aromatic N) is 1. The molecule has 1 atom stereocenters. The SMILES string of the molecule is C[C@@H](CC1CCCCC1)NCc1ccccc1NS(=O)(=O)c1ccc(-c2cnco2)cc1. The van der Waals surface area contributed by atoms with Crippen LogP contribution in [0, 0.1) is 5.92 Å². The first-order chi connectivity index (χ1) is 15.5. The van der Waals surface area contributed by atoms with Gasteiger partial charge < -0.3 is 9.73 Å². The Morgan fingerprint density at radius 2 is 1.81 bits per heavy atom. The van der Waals surface area contributed by atoms with Crippen molar-refractivity contribution in [2.24, 2.45) is 5.92 Å². The lowest BCUT2D eigenvalue weighted by Gasteiger charge is -2.25. The van der Waals surface area contributed by atoms with Crippen molar-refractivity contribution in [3.05, 3.63) is 66.7 Å². The van der Waals surface area contributed by atoms with E-state index in [0.717, 1.165) is 17.0 Å². The zero-order chi connectivity index (χ0) is 22.4. The highest BCUT2D eigenvalue weighted by Crippen LogP contribution is 2.28. The average molecular weight is 454 g/mol. The Labute approximate surface area is 190 Å². The van der Waals surface area contributed by atoms with E-state index in [2.05, 4.69) is 21.9 Å². The molecule has 32 heavy (non-hydrogen) atoms. The molecule has 3 aromatic rings. The zero-order valence-electron chi connectivity index (χ0n) is 18.5. The Balaban J connectivity index is 1.40. The van der Waals surface area contributed by atoms with Gasteiger partial charge >= 0.3 is 0 Å². The molecule has 7 heteroatoms. The first-order valence-corrected chi connectivity index (χ1v) is 12.8. The molecule has 0 spiro atoms. The molecule has 0 amide bonds. The minimum atomic E-state index is -3.71. The van der Waals surface area contributed by atoms with E-state index in [4.69, 9.17) is 4.42 Å². The van der Waals surface area contributed by atoms with Crippen molar-refractivity contribution in [3.8, 4) is 11.3 Å². The molecule has 0 unspecified atom stereocenters. The Hall–Kier alpha value is -2.64. The van der Waals surface area contributed by atoms with Crippen LogP contribution in [0.25, 0.3) is 11.3 Å². The van der Waals surface area contributed by atoms with E-state index >= 15 is 0 Å². The summed E-state index contributed by atoms with van der Waals surface area (Å²) in [5.41, 5.74) is 2.31. The molecular weight excluding hydrogens is 422 g/mol. The third kappa shape index (κ3) is 5.78. The number of hydrogen-bond donors (Lipinski definition) is 2. The number of nitrogens with one attached hydrogen (secondary N) is 2. The van der Waals surface area contributed by atoms with Gasteiger partial charge in [0, 0.05) is 18.2 Å². The van der Waals surface area contributed by atoms with E-state index in [-0.39, 0.29) is 4.90 Å². The van der Waals surface area contributed by atoms with E-state index in [0.29, 0.717) is 24.0 Å². The molecule has 0 saturated heterocycles. The van der Waals surface area contributed by atoms with Gasteiger partial charge in [-0.25, -0.2) is 13.4 Å². The molecule has 6 nitrogen and oxygen atoms in total. The van der Waals surface area contributed by atoms with Crippen molar-refractivity contribution in [2.45, 2.75) is 62.9 Å². The summed E-state index contributed by atoms with van der Waals surface area (Å²) in [6.45, 7) is 2.84. The van der Waals surface area contributed by atoms with Gasteiger partial charge in [0.1, 0.15) is 0 Å². The number of para-hydroxylation sites is 1. The van der Waals surface area contributed by atoms with Crippen LogP contribution in [0.5, 0.6) is 0 Å². The lowest BCUT2D eigenvalue weighted by molar-refractivity contribution is 0.305. The molecule has 1 aromatic heterocycles. The average Bonchev–Trinajstić information content (AvgIpc) is 3.34. The third-order valence-electron chi connectivity index (χ3n) is 6.20. The van der Waals surface area contributed by atoms with Crippen molar-refractivity contribution in [2.75, 3.05) is 4.72 Å². The Bertz CT molecular complexity index is 1090. The second-order valence-corrected chi connectivity index (χ2v) is 10.4. The van der Waals surface area contributed by atoms with E-state index < -0.39 is 10.0 Å². The topological polar surface area (TPSA) is 84.2 Å². The fourth-order valence-electron chi connectivity index (χ4n) is 4.42. The van der Waals surface area contributed by atoms with Gasteiger partial charge in [0.05, 0.1) is 16.8 Å². The summed E-state index contributed by atoms with van der Waals surface area (Å²) in [7, 11) is -3.71. The minimum Gasteiger partial charge on any atom is -0.444 e. The number of benzene rings is 2. The minimum absolute atomic E-state index is 0.203. The normalized spacial score (nSPS) is 16.0. The summed E-state index contributed by atoms with van der Waals surface area (Å²) in [5.74, 6) is 1.40. The Kier molecular flexibility index (Phi) is 7.27. The molecule has 1 fully saturated rings. The fraction of sp³-hybridized carbons (Fsp3) is 0.400. The third-order valence-corrected chi connectivity index (χ3v) is 7.58. The van der Waals surface area contributed by atoms with E-state index in [1.54, 1.807) is 30.5 Å². The fourth-order valence-corrected chi connectivity index (χ4v) is 5.53. The molecule has 0 bridgehead atoms. The summed E-state index contributed by atoms with van der Waals surface area (Å²) < 4.78 is 34.0. The van der Waals surface area contributed by atoms with Gasteiger partial charge in [-0.05, 0) is 55.2 Å². The van der Waals surface area contributed by atoms with Crippen LogP contribution >= 0.6 is 0 Å². The van der Waals surface area contributed by atoms with Gasteiger partial charge in [-0.1, -0.05) is 50.3 Å². The van der Waals surface area contributed by atoms with Crippen LogP contribution < -0.4 is 10.0 Å². The maximum atomic E-state index is 13.0. The summed E-state index contributed by atoms with van der Waals surface area (Å²) in [4.78, 5) is 4.10. The number of oxazole rings is 1. The smallest absolute Gasteiger partial charge is 0.261 e. The molecule has 1 saturated carbocycles. The number of sulfonamides is 1. The highest BCUT2D eigenvalue weighted by molar-refractivity contribution is 7.92. The van der Waals surface area contributed by atoms with Crippen LogP contribution in [0.15, 0.2) is 70.4 Å². The van der Waals surface area contributed by atoms with Crippen molar-refractivity contribution >= 4 is 15.7 Å². The van der Waals surface area contributed by atoms with Gasteiger partial charge in [0.25, 0.3) is 10.0 Å². The largest absolute Gasteiger partial charge is 0.444 e. The predicted molar refractivity (Wildman–Crippen MR) is 127 cm³/mol. The molecular formula is C25H31N3O3S. The molecule has 1 heterocycles. The van der Waals surface area contributed by atoms with Gasteiger partial charge in [0.2, 0.25) is 0 Å². The second-order valence-electron chi connectivity index (χ2n) is 8.67. The number of anilines is 1. The highest BCUT2D eigenvalue weighted by Gasteiger charge is 2.18. The molecule has 0 aliphatic heterocycles. The van der Waals surface area contributed by atoms with Crippen LogP contribution in [0.4, 0.5) is 5.69 Å². The van der Waals surface area contributed by atoms with Crippen LogP contribution in [-0.2, 0) is 16.6 Å². The van der Waals surface area contributed by atoms with Crippen LogP contribution in [0.3, 0.4) is 0 Å². The van der Waals surface area contributed by atoms with Crippen molar-refractivity contribution in [3.63, 3.8) is 0 Å². The zero-order valence-corrected chi connectivity index (χ0v) is 19.3. The predicted octanol–water partition coefficient (Wildman–Crippen LogP) is 5.59. The van der Waals surface area contributed by atoms with Crippen molar-refractivity contribution < 1.29 is 12.8 Å². The summed E-state index contributed by atoms with van der Waals surface area (Å²) in [5, 5.41) is 3.58. The van der Waals surface area contributed by atoms with Gasteiger partial charge in [-0.2, -0.15) is 0 Å². The standard InChI is InChI=1S/C25H31N3O3S/c1-19(15-20-7-3-2-4-8-20)27-16-22-9-5-6-10-24(22)28-32(29,30)23-13-11-21(12-14-23)25-17-26-18-31-25/h5-6,9-14,17-20,27-28H,2-4,7-8,15-16H2,1H3/t19-/m0/s1. The van der Waals surface area contributed by atoms with Gasteiger partial charge in [-0.15, -0.1) is 0 Å². The van der Waals surface area contributed by atoms with Crippen molar-refractivity contribution in [1.82, 2.24) is 10.3 Å². The first-order valence-electron chi connectivity index (χ1n) is 11.3. The number of rotatable bonds is 9. The maximum Gasteiger partial charge on any atom is 0.261 e. The molecule has 170 valence electrons. The number of aromatic nitrogens is 1. The molecule has 4 rings (SSSR count). The first kappa shape index (κ1) is 22.6. The van der Waals surface area contributed by atoms with Crippen LogP contribution in [0.1, 0.15) is 51.0 Å². The summed E-state index contributed by atoms with van der Waals surface area (Å²) in [6, 6.07) is 14.5. The number of hydrogen-bond acceptors (Lipinski definition) is 5. The molecule has 2 aromatic carbocycles. The second kappa shape index (κ2) is 10.3. The maximum absolute atomic E-state index is 13.0. The van der Waals surface area contributed by atoms with Gasteiger partial charge in [-0.3, -0.25) is 4.72 Å². The lowest BCUT2D eigenvalue weighted by atomic mass is 9.85. The molecule has 2 N–H and O–H groups in total. The van der Waals surface area contributed by atoms with Crippen LogP contribution in [-0.4, -0.2) is 19.4 Å². The summed E-state index contributed by atoms with van der Waals surface area (Å²) >= 11 is 0. The summed E-state index contributed by atoms with van der Waals surface area (Å²) in [6.07, 6.45) is 10.8. The molecule has 1 aliphatic carbocycles.